The maximum absolute atomic E-state index is 12.1. The molecule has 0 amide bonds. The Morgan fingerprint density at radius 2 is 1.62 bits per heavy atom. The van der Waals surface area contributed by atoms with Gasteiger partial charge in [0.2, 0.25) is 5.56 Å². The van der Waals surface area contributed by atoms with Crippen LogP contribution in [-0.2, 0) is 13.2 Å². The number of unbranched alkanes of at least 4 members (excludes halogenated alkanes) is 1. The Labute approximate surface area is 200 Å². The molecule has 3 aromatic carbocycles. The van der Waals surface area contributed by atoms with E-state index in [1.165, 1.54) is 11.6 Å². The SMILES string of the molecule is CCCCN(Cc1ccccc1)CC(O)c1ccc(OCc2ccccc2)c2[nH]c(=O)ccc12. The summed E-state index contributed by atoms with van der Waals surface area (Å²) in [6.45, 7) is 4.78. The van der Waals surface area contributed by atoms with Crippen LogP contribution in [0.25, 0.3) is 10.9 Å². The van der Waals surface area contributed by atoms with Gasteiger partial charge in [-0.2, -0.15) is 0 Å². The van der Waals surface area contributed by atoms with Gasteiger partial charge in [0, 0.05) is 24.5 Å². The second-order valence-corrected chi connectivity index (χ2v) is 8.63. The van der Waals surface area contributed by atoms with Crippen LogP contribution >= 0.6 is 0 Å². The lowest BCUT2D eigenvalue weighted by Crippen LogP contribution is -2.29. The van der Waals surface area contributed by atoms with Gasteiger partial charge in [0.25, 0.3) is 0 Å². The molecule has 2 N–H and O–H groups in total. The zero-order chi connectivity index (χ0) is 23.8. The van der Waals surface area contributed by atoms with E-state index in [-0.39, 0.29) is 5.56 Å². The molecule has 0 bridgehead atoms. The van der Waals surface area contributed by atoms with Gasteiger partial charge in [-0.05, 0) is 41.8 Å². The maximum atomic E-state index is 12.1. The van der Waals surface area contributed by atoms with E-state index in [4.69, 9.17) is 4.74 Å². The summed E-state index contributed by atoms with van der Waals surface area (Å²) >= 11 is 0. The first kappa shape index (κ1) is 23.7. The van der Waals surface area contributed by atoms with Gasteiger partial charge < -0.3 is 14.8 Å². The Kier molecular flexibility index (Phi) is 8.12. The second-order valence-electron chi connectivity index (χ2n) is 8.63. The lowest BCUT2D eigenvalue weighted by Gasteiger charge is -2.26. The van der Waals surface area contributed by atoms with Crippen LogP contribution in [0.2, 0.25) is 0 Å². The number of fused-ring (bicyclic) bond motifs is 1. The van der Waals surface area contributed by atoms with E-state index in [1.54, 1.807) is 6.07 Å². The first-order valence-electron chi connectivity index (χ1n) is 11.9. The Bertz CT molecular complexity index is 1240. The Morgan fingerprint density at radius 3 is 2.32 bits per heavy atom. The smallest absolute Gasteiger partial charge is 0.248 e. The van der Waals surface area contributed by atoms with E-state index in [0.717, 1.165) is 42.4 Å². The quantitative estimate of drug-likeness (QED) is 0.315. The highest BCUT2D eigenvalue weighted by Crippen LogP contribution is 2.31. The number of ether oxygens (including phenoxy) is 1. The molecular weight excluding hydrogens is 424 g/mol. The van der Waals surface area contributed by atoms with E-state index >= 15 is 0 Å². The molecule has 0 aliphatic rings. The molecule has 0 aliphatic heterocycles. The van der Waals surface area contributed by atoms with Gasteiger partial charge in [-0.1, -0.05) is 80.1 Å². The van der Waals surface area contributed by atoms with Gasteiger partial charge in [0.15, 0.2) is 0 Å². The van der Waals surface area contributed by atoms with Crippen molar-refractivity contribution in [2.45, 2.75) is 39.0 Å². The molecule has 0 radical (unpaired) electrons. The number of nitrogens with zero attached hydrogens (tertiary/aromatic N) is 1. The van der Waals surface area contributed by atoms with Crippen LogP contribution in [0.1, 0.15) is 42.6 Å². The van der Waals surface area contributed by atoms with Gasteiger partial charge in [0.05, 0.1) is 11.6 Å². The van der Waals surface area contributed by atoms with E-state index in [2.05, 4.69) is 28.9 Å². The molecule has 1 atom stereocenters. The molecule has 0 spiro atoms. The van der Waals surface area contributed by atoms with E-state index in [1.807, 2.05) is 60.7 Å². The van der Waals surface area contributed by atoms with Crippen molar-refractivity contribution < 1.29 is 9.84 Å². The number of pyridine rings is 1. The molecular formula is C29H32N2O3. The fourth-order valence-electron chi connectivity index (χ4n) is 4.20. The molecule has 1 aromatic heterocycles. The average molecular weight is 457 g/mol. The summed E-state index contributed by atoms with van der Waals surface area (Å²) < 4.78 is 6.05. The number of aromatic amines is 1. The molecule has 176 valence electrons. The zero-order valence-corrected chi connectivity index (χ0v) is 19.6. The van der Waals surface area contributed by atoms with Crippen LogP contribution in [0.5, 0.6) is 5.75 Å². The van der Waals surface area contributed by atoms with Gasteiger partial charge in [-0.15, -0.1) is 0 Å². The molecule has 0 saturated carbocycles. The topological polar surface area (TPSA) is 65.6 Å². The summed E-state index contributed by atoms with van der Waals surface area (Å²) in [5, 5.41) is 12.1. The minimum atomic E-state index is -0.697. The highest BCUT2D eigenvalue weighted by atomic mass is 16.5. The first-order valence-corrected chi connectivity index (χ1v) is 11.9. The Hall–Kier alpha value is -3.41. The third-order valence-corrected chi connectivity index (χ3v) is 5.99. The number of hydrogen-bond donors (Lipinski definition) is 2. The molecule has 0 fully saturated rings. The molecule has 4 aromatic rings. The lowest BCUT2D eigenvalue weighted by molar-refractivity contribution is 0.109. The molecule has 0 saturated heterocycles. The summed E-state index contributed by atoms with van der Waals surface area (Å²) in [7, 11) is 0. The van der Waals surface area contributed by atoms with E-state index < -0.39 is 6.10 Å². The number of aliphatic hydroxyl groups excluding tert-OH is 1. The fourth-order valence-corrected chi connectivity index (χ4v) is 4.20. The normalized spacial score (nSPS) is 12.2. The van der Waals surface area contributed by atoms with Crippen LogP contribution < -0.4 is 10.3 Å². The highest BCUT2D eigenvalue weighted by Gasteiger charge is 2.18. The van der Waals surface area contributed by atoms with Gasteiger partial charge in [-0.3, -0.25) is 9.69 Å². The monoisotopic (exact) mass is 456 g/mol. The molecule has 5 nitrogen and oxygen atoms in total. The highest BCUT2D eigenvalue weighted by molar-refractivity contribution is 5.87. The summed E-state index contributed by atoms with van der Waals surface area (Å²) in [6.07, 6.45) is 1.47. The minimum absolute atomic E-state index is 0.197. The minimum Gasteiger partial charge on any atom is -0.487 e. The Balaban J connectivity index is 1.57. The number of aliphatic hydroxyl groups is 1. The van der Waals surface area contributed by atoms with Crippen LogP contribution in [0, 0.1) is 0 Å². The van der Waals surface area contributed by atoms with Crippen molar-refractivity contribution in [3.8, 4) is 5.75 Å². The summed E-state index contributed by atoms with van der Waals surface area (Å²) in [5.74, 6) is 0.597. The third-order valence-electron chi connectivity index (χ3n) is 5.99. The van der Waals surface area contributed by atoms with Crippen molar-refractivity contribution >= 4 is 10.9 Å². The average Bonchev–Trinajstić information content (AvgIpc) is 2.87. The Morgan fingerprint density at radius 1 is 0.912 bits per heavy atom. The van der Waals surface area contributed by atoms with E-state index in [0.29, 0.717) is 24.4 Å². The van der Waals surface area contributed by atoms with Crippen LogP contribution in [0.4, 0.5) is 0 Å². The number of H-pyrrole nitrogens is 1. The van der Waals surface area contributed by atoms with Crippen molar-refractivity contribution in [2.75, 3.05) is 13.1 Å². The number of aromatic nitrogens is 1. The summed E-state index contributed by atoms with van der Waals surface area (Å²) in [4.78, 5) is 17.3. The predicted molar refractivity (Wildman–Crippen MR) is 137 cm³/mol. The molecule has 1 unspecified atom stereocenters. The third kappa shape index (κ3) is 6.13. The largest absolute Gasteiger partial charge is 0.487 e. The molecule has 4 rings (SSSR count). The molecule has 1 heterocycles. The number of hydrogen-bond acceptors (Lipinski definition) is 4. The molecule has 34 heavy (non-hydrogen) atoms. The number of nitrogens with one attached hydrogen (secondary N) is 1. The lowest BCUT2D eigenvalue weighted by atomic mass is 10.0. The first-order chi connectivity index (χ1) is 16.6. The van der Waals surface area contributed by atoms with Gasteiger partial charge >= 0.3 is 0 Å². The van der Waals surface area contributed by atoms with Crippen molar-refractivity contribution in [2.24, 2.45) is 0 Å². The number of rotatable bonds is 11. The van der Waals surface area contributed by atoms with E-state index in [9.17, 15) is 9.90 Å². The van der Waals surface area contributed by atoms with Crippen molar-refractivity contribution in [1.29, 1.82) is 0 Å². The molecule has 0 aliphatic carbocycles. The van der Waals surface area contributed by atoms with Crippen LogP contribution in [-0.4, -0.2) is 28.1 Å². The zero-order valence-electron chi connectivity index (χ0n) is 19.6. The van der Waals surface area contributed by atoms with Crippen LogP contribution in [0.15, 0.2) is 89.7 Å². The van der Waals surface area contributed by atoms with Crippen LogP contribution in [0.3, 0.4) is 0 Å². The van der Waals surface area contributed by atoms with Gasteiger partial charge in [0.1, 0.15) is 12.4 Å². The van der Waals surface area contributed by atoms with Gasteiger partial charge in [-0.25, -0.2) is 0 Å². The van der Waals surface area contributed by atoms with Crippen molar-refractivity contribution in [3.63, 3.8) is 0 Å². The standard InChI is InChI=1S/C29H32N2O3/c1-2-3-18-31(19-22-10-6-4-7-11-22)20-26(32)24-14-16-27(29-25(24)15-17-28(33)30-29)34-21-23-12-8-5-9-13-23/h4-17,26,32H,2-3,18-21H2,1H3,(H,30,33). The predicted octanol–water partition coefficient (Wildman–Crippen LogP) is 5.44. The summed E-state index contributed by atoms with van der Waals surface area (Å²) in [5.41, 5.74) is 3.48. The fraction of sp³-hybridized carbons (Fsp3) is 0.276. The van der Waals surface area contributed by atoms with Crippen molar-refractivity contribution in [1.82, 2.24) is 9.88 Å². The summed E-state index contributed by atoms with van der Waals surface area (Å²) in [6, 6.07) is 27.3. The number of benzene rings is 3. The van der Waals surface area contributed by atoms with Crippen molar-refractivity contribution in [3.05, 3.63) is 112 Å². The maximum Gasteiger partial charge on any atom is 0.248 e. The molecule has 5 heteroatoms. The second kappa shape index (κ2) is 11.6.